The summed E-state index contributed by atoms with van der Waals surface area (Å²) in [7, 11) is -3.83. The Morgan fingerprint density at radius 2 is 1.77 bits per heavy atom. The number of amides is 1. The van der Waals surface area contributed by atoms with Crippen molar-refractivity contribution in [2.75, 3.05) is 18.4 Å². The molecule has 7 nitrogen and oxygen atoms in total. The molecule has 2 heterocycles. The van der Waals surface area contributed by atoms with Crippen LogP contribution in [0.5, 0.6) is 0 Å². The van der Waals surface area contributed by atoms with Gasteiger partial charge >= 0.3 is 0 Å². The topological polar surface area (TPSA) is 92.5 Å². The molecule has 0 spiro atoms. The molecule has 2 aromatic carbocycles. The Bertz CT molecular complexity index is 1360. The third-order valence-corrected chi connectivity index (χ3v) is 8.50. The van der Waals surface area contributed by atoms with Crippen molar-refractivity contribution in [3.8, 4) is 0 Å². The second-order valence-electron chi connectivity index (χ2n) is 8.83. The van der Waals surface area contributed by atoms with E-state index in [9.17, 15) is 13.2 Å². The lowest BCUT2D eigenvalue weighted by atomic mass is 9.97. The van der Waals surface area contributed by atoms with Crippen LogP contribution < -0.4 is 5.32 Å². The van der Waals surface area contributed by atoms with Crippen LogP contribution in [0.1, 0.15) is 41.0 Å². The summed E-state index contributed by atoms with van der Waals surface area (Å²) in [4.78, 5) is 12.9. The van der Waals surface area contributed by atoms with Gasteiger partial charge < -0.3 is 9.84 Å². The molecule has 0 aliphatic carbocycles. The first-order valence-electron chi connectivity index (χ1n) is 11.4. The minimum absolute atomic E-state index is 0.0700. The Balaban J connectivity index is 1.45. The number of hydrogen-bond acceptors (Lipinski definition) is 5. The molecule has 1 N–H and O–H groups in total. The number of aromatic nitrogens is 1. The van der Waals surface area contributed by atoms with Crippen LogP contribution in [0.4, 0.5) is 5.69 Å². The zero-order chi connectivity index (χ0) is 25.2. The van der Waals surface area contributed by atoms with Gasteiger partial charge in [-0.1, -0.05) is 52.7 Å². The summed E-state index contributed by atoms with van der Waals surface area (Å²) in [5, 5.41) is 7.45. The van der Waals surface area contributed by atoms with Crippen LogP contribution in [0.2, 0.25) is 5.02 Å². The van der Waals surface area contributed by atoms with Crippen molar-refractivity contribution < 1.29 is 17.7 Å². The second-order valence-corrected chi connectivity index (χ2v) is 11.1. The zero-order valence-corrected chi connectivity index (χ0v) is 21.5. The average Bonchev–Trinajstić information content (AvgIpc) is 3.21. The standard InChI is InChI=1S/C26H28ClN3O4S/c1-17-4-6-20(7-5-17)8-11-24-25(19(3)29-34-24)35(32,33)30-14-12-21(13-15-30)26(31)28-23-10-9-22(27)16-18(23)2/h4-11,16,21H,12-15H2,1-3H3,(H,28,31). The summed E-state index contributed by atoms with van der Waals surface area (Å²) in [5.74, 6) is -0.197. The van der Waals surface area contributed by atoms with Gasteiger partial charge in [0, 0.05) is 29.7 Å². The summed E-state index contributed by atoms with van der Waals surface area (Å²) >= 11 is 5.99. The van der Waals surface area contributed by atoms with Gasteiger partial charge in [0.1, 0.15) is 5.69 Å². The third-order valence-electron chi connectivity index (χ3n) is 6.21. The molecule has 184 valence electrons. The number of carbonyl (C=O) groups is 1. The summed E-state index contributed by atoms with van der Waals surface area (Å²) < 4.78 is 33.7. The Morgan fingerprint density at radius 1 is 1.09 bits per heavy atom. The number of nitrogens with zero attached hydrogens (tertiary/aromatic N) is 2. The summed E-state index contributed by atoms with van der Waals surface area (Å²) in [6.07, 6.45) is 4.28. The minimum Gasteiger partial charge on any atom is -0.355 e. The molecule has 1 aromatic heterocycles. The fourth-order valence-electron chi connectivity index (χ4n) is 4.14. The summed E-state index contributed by atoms with van der Waals surface area (Å²) in [6.45, 7) is 5.98. The first-order chi connectivity index (χ1) is 16.6. The number of carbonyl (C=O) groups excluding carboxylic acids is 1. The second kappa shape index (κ2) is 10.4. The van der Waals surface area contributed by atoms with E-state index in [4.69, 9.17) is 16.1 Å². The first kappa shape index (κ1) is 25.2. The van der Waals surface area contributed by atoms with Crippen molar-refractivity contribution in [1.82, 2.24) is 9.46 Å². The van der Waals surface area contributed by atoms with Gasteiger partial charge in [-0.3, -0.25) is 4.79 Å². The maximum Gasteiger partial charge on any atom is 0.248 e. The van der Waals surface area contributed by atoms with Crippen LogP contribution in [0.15, 0.2) is 51.9 Å². The predicted molar refractivity (Wildman–Crippen MR) is 138 cm³/mol. The van der Waals surface area contributed by atoms with Gasteiger partial charge in [0.2, 0.25) is 15.9 Å². The smallest absolute Gasteiger partial charge is 0.248 e. The Kier molecular flexibility index (Phi) is 7.44. The van der Waals surface area contributed by atoms with E-state index in [2.05, 4.69) is 10.5 Å². The number of hydrogen-bond donors (Lipinski definition) is 1. The highest BCUT2D eigenvalue weighted by atomic mass is 35.5. The Labute approximate surface area is 210 Å². The molecule has 1 aliphatic heterocycles. The highest BCUT2D eigenvalue weighted by molar-refractivity contribution is 7.89. The van der Waals surface area contributed by atoms with E-state index >= 15 is 0 Å². The molecule has 0 atom stereocenters. The number of piperidine rings is 1. The van der Waals surface area contributed by atoms with Gasteiger partial charge in [-0.2, -0.15) is 4.31 Å². The van der Waals surface area contributed by atoms with E-state index in [0.717, 1.165) is 16.7 Å². The molecule has 1 amide bonds. The van der Waals surface area contributed by atoms with Gasteiger partial charge in [0.05, 0.1) is 0 Å². The molecule has 1 fully saturated rings. The summed E-state index contributed by atoms with van der Waals surface area (Å²) in [6, 6.07) is 13.2. The molecular weight excluding hydrogens is 486 g/mol. The number of sulfonamides is 1. The predicted octanol–water partition coefficient (Wildman–Crippen LogP) is 5.46. The number of anilines is 1. The van der Waals surface area contributed by atoms with Crippen LogP contribution in [0, 0.1) is 26.7 Å². The number of halogens is 1. The Morgan fingerprint density at radius 3 is 2.43 bits per heavy atom. The van der Waals surface area contributed by atoms with Crippen LogP contribution in [0.25, 0.3) is 12.2 Å². The van der Waals surface area contributed by atoms with Crippen LogP contribution >= 0.6 is 11.6 Å². The molecule has 0 saturated carbocycles. The van der Waals surface area contributed by atoms with Gasteiger partial charge in [0.25, 0.3) is 0 Å². The molecule has 1 aliphatic rings. The number of nitrogens with one attached hydrogen (secondary N) is 1. The molecule has 9 heteroatoms. The molecule has 1 saturated heterocycles. The monoisotopic (exact) mass is 513 g/mol. The fourth-order valence-corrected chi connectivity index (χ4v) is 6.08. The van der Waals surface area contributed by atoms with Gasteiger partial charge in [-0.25, -0.2) is 8.42 Å². The van der Waals surface area contributed by atoms with Crippen molar-refractivity contribution in [2.45, 2.75) is 38.5 Å². The molecule has 0 bridgehead atoms. The lowest BCUT2D eigenvalue weighted by Gasteiger charge is -2.30. The Hall–Kier alpha value is -2.94. The number of benzene rings is 2. The highest BCUT2D eigenvalue weighted by Crippen LogP contribution is 2.30. The molecule has 4 rings (SSSR count). The zero-order valence-electron chi connectivity index (χ0n) is 19.9. The molecule has 0 radical (unpaired) electrons. The molecule has 3 aromatic rings. The van der Waals surface area contributed by atoms with E-state index in [-0.39, 0.29) is 35.6 Å². The third kappa shape index (κ3) is 5.66. The maximum absolute atomic E-state index is 13.5. The van der Waals surface area contributed by atoms with Gasteiger partial charge in [0.15, 0.2) is 10.7 Å². The lowest BCUT2D eigenvalue weighted by Crippen LogP contribution is -2.41. The molecule has 35 heavy (non-hydrogen) atoms. The SMILES string of the molecule is Cc1ccc(C=Cc2onc(C)c2S(=O)(=O)N2CCC(C(=O)Nc3ccc(Cl)cc3C)CC2)cc1. The van der Waals surface area contributed by atoms with Crippen molar-refractivity contribution in [2.24, 2.45) is 5.92 Å². The highest BCUT2D eigenvalue weighted by Gasteiger charge is 2.36. The first-order valence-corrected chi connectivity index (χ1v) is 13.2. The van der Waals surface area contributed by atoms with E-state index in [1.165, 1.54) is 4.31 Å². The minimum atomic E-state index is -3.83. The van der Waals surface area contributed by atoms with Crippen LogP contribution in [-0.2, 0) is 14.8 Å². The normalized spacial score (nSPS) is 15.5. The van der Waals surface area contributed by atoms with E-state index in [1.807, 2.05) is 38.1 Å². The van der Waals surface area contributed by atoms with E-state index in [1.54, 1.807) is 37.3 Å². The summed E-state index contributed by atoms with van der Waals surface area (Å²) in [5.41, 5.74) is 3.96. The quantitative estimate of drug-likeness (QED) is 0.472. The van der Waals surface area contributed by atoms with Gasteiger partial charge in [-0.05, 0) is 69.0 Å². The lowest BCUT2D eigenvalue weighted by molar-refractivity contribution is -0.120. The molecule has 0 unspecified atom stereocenters. The van der Waals surface area contributed by atoms with Gasteiger partial charge in [-0.15, -0.1) is 0 Å². The van der Waals surface area contributed by atoms with Crippen molar-refractivity contribution in [1.29, 1.82) is 0 Å². The van der Waals surface area contributed by atoms with E-state index < -0.39 is 10.0 Å². The van der Waals surface area contributed by atoms with Crippen LogP contribution in [0.3, 0.4) is 0 Å². The van der Waals surface area contributed by atoms with Crippen molar-refractivity contribution in [3.05, 3.63) is 75.6 Å². The largest absolute Gasteiger partial charge is 0.355 e. The maximum atomic E-state index is 13.5. The average molecular weight is 514 g/mol. The fraction of sp³-hybridized carbons (Fsp3) is 0.308. The van der Waals surface area contributed by atoms with E-state index in [0.29, 0.717) is 29.2 Å². The number of rotatable bonds is 6. The molecular formula is C26H28ClN3O4S. The number of aryl methyl sites for hydroxylation is 3. The van der Waals surface area contributed by atoms with Crippen molar-refractivity contribution in [3.63, 3.8) is 0 Å². The van der Waals surface area contributed by atoms with Crippen molar-refractivity contribution >= 4 is 45.4 Å². The van der Waals surface area contributed by atoms with Crippen LogP contribution in [-0.4, -0.2) is 36.9 Å².